The summed E-state index contributed by atoms with van der Waals surface area (Å²) in [4.78, 5) is 8.89. The SMILES string of the molecule is CCNc1nc(-c2cccc(Cl)c2)c2cn[nH]c2n1. The normalized spacial score (nSPS) is 10.8. The lowest BCUT2D eigenvalue weighted by Crippen LogP contribution is -2.03. The Balaban J connectivity index is 2.23. The van der Waals surface area contributed by atoms with Crippen LogP contribution in [0, 0.1) is 0 Å². The smallest absolute Gasteiger partial charge is 0.225 e. The van der Waals surface area contributed by atoms with Crippen LogP contribution < -0.4 is 5.32 Å². The molecule has 0 amide bonds. The maximum atomic E-state index is 6.04. The van der Waals surface area contributed by atoms with Gasteiger partial charge in [0.05, 0.1) is 17.3 Å². The molecule has 6 heteroatoms. The number of aromatic nitrogens is 4. The summed E-state index contributed by atoms with van der Waals surface area (Å²) in [6.45, 7) is 2.76. The van der Waals surface area contributed by atoms with Gasteiger partial charge in [0.25, 0.3) is 0 Å². The Morgan fingerprint density at radius 2 is 2.21 bits per heavy atom. The number of fused-ring (bicyclic) bond motifs is 1. The molecule has 3 aromatic rings. The second-order valence-electron chi connectivity index (χ2n) is 4.07. The third-order valence-corrected chi connectivity index (χ3v) is 2.98. The van der Waals surface area contributed by atoms with Crippen LogP contribution >= 0.6 is 11.6 Å². The Morgan fingerprint density at radius 3 is 3.00 bits per heavy atom. The second-order valence-corrected chi connectivity index (χ2v) is 4.51. The van der Waals surface area contributed by atoms with Crippen molar-refractivity contribution < 1.29 is 0 Å². The number of anilines is 1. The monoisotopic (exact) mass is 273 g/mol. The van der Waals surface area contributed by atoms with Gasteiger partial charge in [0, 0.05) is 17.1 Å². The Morgan fingerprint density at radius 1 is 1.32 bits per heavy atom. The Labute approximate surface area is 115 Å². The van der Waals surface area contributed by atoms with Gasteiger partial charge >= 0.3 is 0 Å². The molecule has 5 nitrogen and oxygen atoms in total. The molecule has 2 aromatic heterocycles. The van der Waals surface area contributed by atoms with Crippen LogP contribution in [0.2, 0.25) is 5.02 Å². The van der Waals surface area contributed by atoms with E-state index in [0.717, 1.165) is 23.2 Å². The zero-order chi connectivity index (χ0) is 13.2. The molecule has 2 heterocycles. The first-order valence-corrected chi connectivity index (χ1v) is 6.36. The molecular weight excluding hydrogens is 262 g/mol. The molecule has 0 spiro atoms. The molecule has 19 heavy (non-hydrogen) atoms. The molecule has 1 aromatic carbocycles. The zero-order valence-electron chi connectivity index (χ0n) is 10.3. The van der Waals surface area contributed by atoms with Crippen molar-refractivity contribution in [2.45, 2.75) is 6.92 Å². The fourth-order valence-corrected chi connectivity index (χ4v) is 2.12. The van der Waals surface area contributed by atoms with Crippen molar-refractivity contribution in [3.05, 3.63) is 35.5 Å². The van der Waals surface area contributed by atoms with E-state index in [0.29, 0.717) is 16.6 Å². The van der Waals surface area contributed by atoms with Gasteiger partial charge < -0.3 is 5.32 Å². The van der Waals surface area contributed by atoms with Gasteiger partial charge in [-0.1, -0.05) is 23.7 Å². The number of H-pyrrole nitrogens is 1. The van der Waals surface area contributed by atoms with Crippen molar-refractivity contribution in [1.82, 2.24) is 20.2 Å². The van der Waals surface area contributed by atoms with Crippen LogP contribution in [0.4, 0.5) is 5.95 Å². The highest BCUT2D eigenvalue weighted by Gasteiger charge is 2.11. The average molecular weight is 274 g/mol. The van der Waals surface area contributed by atoms with E-state index in [1.807, 2.05) is 31.2 Å². The van der Waals surface area contributed by atoms with Crippen molar-refractivity contribution in [1.29, 1.82) is 0 Å². The minimum Gasteiger partial charge on any atom is -0.354 e. The van der Waals surface area contributed by atoms with Crippen LogP contribution in [0.3, 0.4) is 0 Å². The number of nitrogens with zero attached hydrogens (tertiary/aromatic N) is 3. The highest BCUT2D eigenvalue weighted by molar-refractivity contribution is 6.30. The van der Waals surface area contributed by atoms with Gasteiger partial charge in [-0.25, -0.2) is 4.98 Å². The van der Waals surface area contributed by atoms with E-state index in [1.54, 1.807) is 6.20 Å². The van der Waals surface area contributed by atoms with Crippen LogP contribution in [-0.2, 0) is 0 Å². The average Bonchev–Trinajstić information content (AvgIpc) is 2.86. The summed E-state index contributed by atoms with van der Waals surface area (Å²) in [6, 6.07) is 7.59. The predicted octanol–water partition coefficient (Wildman–Crippen LogP) is 3.11. The molecule has 0 saturated heterocycles. The van der Waals surface area contributed by atoms with E-state index in [1.165, 1.54) is 0 Å². The molecule has 0 aliphatic carbocycles. The van der Waals surface area contributed by atoms with E-state index >= 15 is 0 Å². The summed E-state index contributed by atoms with van der Waals surface area (Å²) in [5.74, 6) is 0.578. The predicted molar refractivity (Wildman–Crippen MR) is 76.3 cm³/mol. The lowest BCUT2D eigenvalue weighted by Gasteiger charge is -2.06. The first-order valence-electron chi connectivity index (χ1n) is 5.99. The van der Waals surface area contributed by atoms with Crippen molar-refractivity contribution >= 4 is 28.6 Å². The molecule has 0 unspecified atom stereocenters. The molecule has 0 aliphatic rings. The second kappa shape index (κ2) is 4.85. The number of hydrogen-bond donors (Lipinski definition) is 2. The van der Waals surface area contributed by atoms with Gasteiger partial charge in [-0.15, -0.1) is 0 Å². The van der Waals surface area contributed by atoms with Crippen molar-refractivity contribution in [2.75, 3.05) is 11.9 Å². The first-order chi connectivity index (χ1) is 9.28. The quantitative estimate of drug-likeness (QED) is 0.769. The number of rotatable bonds is 3. The molecule has 0 atom stereocenters. The summed E-state index contributed by atoms with van der Waals surface area (Å²) in [5.41, 5.74) is 2.47. The topological polar surface area (TPSA) is 66.5 Å². The number of aromatic amines is 1. The molecule has 0 saturated carbocycles. The van der Waals surface area contributed by atoms with Gasteiger partial charge in [-0.3, -0.25) is 5.10 Å². The molecule has 0 aliphatic heterocycles. The fourth-order valence-electron chi connectivity index (χ4n) is 1.93. The van der Waals surface area contributed by atoms with Crippen LogP contribution in [0.25, 0.3) is 22.3 Å². The number of nitrogens with one attached hydrogen (secondary N) is 2. The van der Waals surface area contributed by atoms with E-state index in [9.17, 15) is 0 Å². The molecule has 96 valence electrons. The summed E-state index contributed by atoms with van der Waals surface area (Å²) in [6.07, 6.45) is 1.72. The third-order valence-electron chi connectivity index (χ3n) is 2.74. The third kappa shape index (κ3) is 2.24. The zero-order valence-corrected chi connectivity index (χ0v) is 11.1. The Kier molecular flexibility index (Phi) is 3.05. The maximum absolute atomic E-state index is 6.04. The molecule has 0 bridgehead atoms. The Hall–Kier alpha value is -2.14. The van der Waals surface area contributed by atoms with E-state index in [2.05, 4.69) is 25.5 Å². The standard InChI is InChI=1S/C13H12ClN5/c1-2-15-13-17-11(8-4-3-5-9(14)6-8)10-7-16-19-12(10)18-13/h3-7H,2H2,1H3,(H2,15,16,17,18,19). The van der Waals surface area contributed by atoms with Gasteiger partial charge in [-0.2, -0.15) is 10.1 Å². The van der Waals surface area contributed by atoms with Crippen LogP contribution in [0.15, 0.2) is 30.5 Å². The van der Waals surface area contributed by atoms with Crippen LogP contribution in [-0.4, -0.2) is 26.7 Å². The number of halogens is 1. The number of benzene rings is 1. The van der Waals surface area contributed by atoms with Gasteiger partial charge in [0.2, 0.25) is 5.95 Å². The van der Waals surface area contributed by atoms with E-state index < -0.39 is 0 Å². The van der Waals surface area contributed by atoms with Gasteiger partial charge in [0.1, 0.15) is 0 Å². The molecule has 2 N–H and O–H groups in total. The van der Waals surface area contributed by atoms with Crippen LogP contribution in [0.1, 0.15) is 6.92 Å². The van der Waals surface area contributed by atoms with Crippen molar-refractivity contribution in [2.24, 2.45) is 0 Å². The van der Waals surface area contributed by atoms with Crippen LogP contribution in [0.5, 0.6) is 0 Å². The summed E-state index contributed by atoms with van der Waals surface area (Å²) < 4.78 is 0. The lowest BCUT2D eigenvalue weighted by atomic mass is 10.1. The highest BCUT2D eigenvalue weighted by atomic mass is 35.5. The van der Waals surface area contributed by atoms with Gasteiger partial charge in [-0.05, 0) is 19.1 Å². The fraction of sp³-hybridized carbons (Fsp3) is 0.154. The minimum absolute atomic E-state index is 0.578. The van der Waals surface area contributed by atoms with Gasteiger partial charge in [0.15, 0.2) is 5.65 Å². The molecule has 0 fully saturated rings. The summed E-state index contributed by atoms with van der Waals surface area (Å²) >= 11 is 6.04. The highest BCUT2D eigenvalue weighted by Crippen LogP contribution is 2.27. The first kappa shape index (κ1) is 11.9. The molecule has 3 rings (SSSR count). The van der Waals surface area contributed by atoms with E-state index in [-0.39, 0.29) is 0 Å². The maximum Gasteiger partial charge on any atom is 0.225 e. The molecule has 0 radical (unpaired) electrons. The van der Waals surface area contributed by atoms with Crippen molar-refractivity contribution in [3.8, 4) is 11.3 Å². The largest absolute Gasteiger partial charge is 0.354 e. The Bertz CT molecular complexity index is 722. The minimum atomic E-state index is 0.578. The van der Waals surface area contributed by atoms with E-state index in [4.69, 9.17) is 11.6 Å². The summed E-state index contributed by atoms with van der Waals surface area (Å²) in [7, 11) is 0. The van der Waals surface area contributed by atoms with Crippen molar-refractivity contribution in [3.63, 3.8) is 0 Å². The number of hydrogen-bond acceptors (Lipinski definition) is 4. The lowest BCUT2D eigenvalue weighted by molar-refractivity contribution is 1.07. The molecular formula is C13H12ClN5. The summed E-state index contributed by atoms with van der Waals surface area (Å²) in [5, 5.41) is 11.6.